The summed E-state index contributed by atoms with van der Waals surface area (Å²) in [6.45, 7) is 0. The Labute approximate surface area is 102 Å². The average molecular weight is 229 g/mol. The minimum Gasteiger partial charge on any atom is -0.299 e. The molecule has 0 amide bonds. The third-order valence-electron chi connectivity index (χ3n) is 4.31. The molecule has 0 N–H and O–H groups in total. The van der Waals surface area contributed by atoms with Gasteiger partial charge in [-0.15, -0.1) is 0 Å². The van der Waals surface area contributed by atoms with Gasteiger partial charge in [-0.25, -0.2) is 0 Å². The molecule has 0 aliphatic heterocycles. The maximum Gasteiger partial charge on any atom is 0.145 e. The van der Waals surface area contributed by atoms with E-state index in [0.717, 1.165) is 31.4 Å². The molecule has 1 unspecified atom stereocenters. The zero-order valence-electron chi connectivity index (χ0n) is 10.2. The summed E-state index contributed by atoms with van der Waals surface area (Å²) >= 11 is 0. The lowest BCUT2D eigenvalue weighted by Gasteiger charge is -2.23. The van der Waals surface area contributed by atoms with Crippen LogP contribution in [-0.4, -0.2) is 10.8 Å². The van der Waals surface area contributed by atoms with E-state index in [0.29, 0.717) is 11.7 Å². The molecule has 1 fully saturated rings. The van der Waals surface area contributed by atoms with Crippen LogP contribution in [0.5, 0.6) is 0 Å². The van der Waals surface area contributed by atoms with E-state index >= 15 is 0 Å². The van der Waals surface area contributed by atoms with E-state index in [2.05, 4.69) is 11.1 Å². The monoisotopic (exact) mass is 229 g/mol. The molecule has 2 heteroatoms. The van der Waals surface area contributed by atoms with Crippen LogP contribution in [0.25, 0.3) is 0 Å². The van der Waals surface area contributed by atoms with E-state index in [-0.39, 0.29) is 5.92 Å². The highest BCUT2D eigenvalue weighted by atomic mass is 16.1. The lowest BCUT2D eigenvalue weighted by Crippen LogP contribution is -2.23. The molecule has 2 aliphatic carbocycles. The SMILES string of the molecule is O=C(C1CCCCC1)C1CCc2cccnc21. The van der Waals surface area contributed by atoms with Crippen LogP contribution in [0.3, 0.4) is 0 Å². The minimum atomic E-state index is 0.106. The lowest BCUT2D eigenvalue weighted by molar-refractivity contribution is -0.125. The van der Waals surface area contributed by atoms with Crippen LogP contribution in [0.15, 0.2) is 18.3 Å². The fraction of sp³-hybridized carbons (Fsp3) is 0.600. The fourth-order valence-electron chi connectivity index (χ4n) is 3.36. The number of ketones is 1. The van der Waals surface area contributed by atoms with Gasteiger partial charge in [0.05, 0.1) is 11.6 Å². The lowest BCUT2D eigenvalue weighted by atomic mass is 9.81. The summed E-state index contributed by atoms with van der Waals surface area (Å²) in [6.07, 6.45) is 9.84. The van der Waals surface area contributed by atoms with Crippen LogP contribution >= 0.6 is 0 Å². The van der Waals surface area contributed by atoms with Gasteiger partial charge in [-0.1, -0.05) is 25.3 Å². The number of hydrogen-bond acceptors (Lipinski definition) is 2. The molecular formula is C15H19NO. The number of pyridine rings is 1. The summed E-state index contributed by atoms with van der Waals surface area (Å²) in [5.41, 5.74) is 2.37. The number of nitrogens with zero attached hydrogens (tertiary/aromatic N) is 1. The molecule has 0 radical (unpaired) electrons. The number of fused-ring (bicyclic) bond motifs is 1. The number of Topliss-reactive ketones (excluding diaryl/α,β-unsaturated/α-hetero) is 1. The van der Waals surface area contributed by atoms with Gasteiger partial charge in [0.15, 0.2) is 0 Å². The van der Waals surface area contributed by atoms with Crippen molar-refractivity contribution >= 4 is 5.78 Å². The number of carbonyl (C=O) groups excluding carboxylic acids is 1. The first-order chi connectivity index (χ1) is 8.36. The first kappa shape index (κ1) is 10.9. The fourth-order valence-corrected chi connectivity index (χ4v) is 3.36. The minimum absolute atomic E-state index is 0.106. The third-order valence-corrected chi connectivity index (χ3v) is 4.31. The maximum atomic E-state index is 12.5. The molecule has 1 aromatic rings. The maximum absolute atomic E-state index is 12.5. The van der Waals surface area contributed by atoms with Crippen molar-refractivity contribution < 1.29 is 4.79 Å². The molecule has 0 spiro atoms. The Bertz CT molecular complexity index is 421. The Morgan fingerprint density at radius 1 is 1.18 bits per heavy atom. The predicted octanol–water partition coefficient (Wildman–Crippen LogP) is 3.26. The van der Waals surface area contributed by atoms with Gasteiger partial charge in [-0.05, 0) is 37.3 Å². The summed E-state index contributed by atoms with van der Waals surface area (Å²) < 4.78 is 0. The van der Waals surface area contributed by atoms with Crippen molar-refractivity contribution in [2.75, 3.05) is 0 Å². The van der Waals surface area contributed by atoms with Gasteiger partial charge in [0.2, 0.25) is 0 Å². The zero-order valence-corrected chi connectivity index (χ0v) is 10.2. The Kier molecular flexibility index (Phi) is 2.96. The Morgan fingerprint density at radius 3 is 2.82 bits per heavy atom. The average Bonchev–Trinajstić information content (AvgIpc) is 2.83. The molecule has 3 rings (SSSR count). The van der Waals surface area contributed by atoms with Crippen molar-refractivity contribution in [3.8, 4) is 0 Å². The number of carbonyl (C=O) groups is 1. The van der Waals surface area contributed by atoms with Gasteiger partial charge in [0.1, 0.15) is 5.78 Å². The van der Waals surface area contributed by atoms with E-state index in [1.54, 1.807) is 0 Å². The van der Waals surface area contributed by atoms with E-state index < -0.39 is 0 Å². The van der Waals surface area contributed by atoms with Gasteiger partial charge in [0, 0.05) is 12.1 Å². The molecule has 17 heavy (non-hydrogen) atoms. The highest BCUT2D eigenvalue weighted by molar-refractivity contribution is 5.88. The third kappa shape index (κ3) is 2.01. The molecule has 2 nitrogen and oxygen atoms in total. The number of rotatable bonds is 2. The number of aromatic nitrogens is 1. The second kappa shape index (κ2) is 4.59. The van der Waals surface area contributed by atoms with E-state index in [4.69, 9.17) is 0 Å². The Balaban J connectivity index is 1.79. The molecule has 1 atom stereocenters. The highest BCUT2D eigenvalue weighted by Crippen LogP contribution is 2.37. The first-order valence-corrected chi connectivity index (χ1v) is 6.84. The van der Waals surface area contributed by atoms with Gasteiger partial charge in [0.25, 0.3) is 0 Å². The standard InChI is InChI=1S/C15H19NO/c17-15(12-5-2-1-3-6-12)13-9-8-11-7-4-10-16-14(11)13/h4,7,10,12-13H,1-3,5-6,8-9H2. The van der Waals surface area contributed by atoms with E-state index in [9.17, 15) is 4.79 Å². The van der Waals surface area contributed by atoms with Crippen LogP contribution in [-0.2, 0) is 11.2 Å². The number of hydrogen-bond donors (Lipinski definition) is 0. The van der Waals surface area contributed by atoms with Crippen LogP contribution in [0, 0.1) is 5.92 Å². The molecule has 0 bridgehead atoms. The van der Waals surface area contributed by atoms with Crippen LogP contribution in [0.1, 0.15) is 55.7 Å². The predicted molar refractivity (Wildman–Crippen MR) is 66.9 cm³/mol. The molecule has 90 valence electrons. The molecule has 1 aromatic heterocycles. The molecule has 0 aromatic carbocycles. The molecule has 0 saturated heterocycles. The molecule has 2 aliphatic rings. The van der Waals surface area contributed by atoms with Gasteiger partial charge in [-0.2, -0.15) is 0 Å². The van der Waals surface area contributed by atoms with Crippen molar-refractivity contribution in [1.29, 1.82) is 0 Å². The van der Waals surface area contributed by atoms with Crippen molar-refractivity contribution in [1.82, 2.24) is 4.98 Å². The van der Waals surface area contributed by atoms with Crippen LogP contribution < -0.4 is 0 Å². The second-order valence-electron chi connectivity index (χ2n) is 5.38. The normalized spacial score (nSPS) is 24.6. The summed E-state index contributed by atoms with van der Waals surface area (Å²) in [5.74, 6) is 0.901. The van der Waals surface area contributed by atoms with E-state index in [1.165, 1.54) is 24.8 Å². The summed E-state index contributed by atoms with van der Waals surface area (Å²) in [7, 11) is 0. The van der Waals surface area contributed by atoms with Gasteiger partial charge in [-0.3, -0.25) is 9.78 Å². The van der Waals surface area contributed by atoms with Crippen LogP contribution in [0.2, 0.25) is 0 Å². The largest absolute Gasteiger partial charge is 0.299 e. The van der Waals surface area contributed by atoms with Crippen LogP contribution in [0.4, 0.5) is 0 Å². The Hall–Kier alpha value is -1.18. The zero-order chi connectivity index (χ0) is 11.7. The van der Waals surface area contributed by atoms with E-state index in [1.807, 2.05) is 12.3 Å². The second-order valence-corrected chi connectivity index (χ2v) is 5.38. The topological polar surface area (TPSA) is 30.0 Å². The van der Waals surface area contributed by atoms with Crippen molar-refractivity contribution in [2.45, 2.75) is 50.9 Å². The number of aryl methyl sites for hydroxylation is 1. The highest BCUT2D eigenvalue weighted by Gasteiger charge is 2.34. The van der Waals surface area contributed by atoms with Crippen molar-refractivity contribution in [3.05, 3.63) is 29.6 Å². The quantitative estimate of drug-likeness (QED) is 0.779. The molecule has 1 saturated carbocycles. The smallest absolute Gasteiger partial charge is 0.145 e. The summed E-state index contributed by atoms with van der Waals surface area (Å²) in [5, 5.41) is 0. The summed E-state index contributed by atoms with van der Waals surface area (Å²) in [4.78, 5) is 17.0. The molecule has 1 heterocycles. The molecular weight excluding hydrogens is 210 g/mol. The van der Waals surface area contributed by atoms with Gasteiger partial charge < -0.3 is 0 Å². The van der Waals surface area contributed by atoms with Crippen molar-refractivity contribution in [2.24, 2.45) is 5.92 Å². The Morgan fingerprint density at radius 2 is 2.00 bits per heavy atom. The first-order valence-electron chi connectivity index (χ1n) is 6.84. The summed E-state index contributed by atoms with van der Waals surface area (Å²) in [6, 6.07) is 4.10. The van der Waals surface area contributed by atoms with Gasteiger partial charge >= 0.3 is 0 Å². The van der Waals surface area contributed by atoms with Crippen molar-refractivity contribution in [3.63, 3.8) is 0 Å².